The minimum Gasteiger partial charge on any atom is -0.313 e. The topological polar surface area (TPSA) is 58.2 Å². The van der Waals surface area contributed by atoms with E-state index in [0.29, 0.717) is 12.5 Å². The molecule has 5 heteroatoms. The quantitative estimate of drug-likeness (QED) is 0.701. The van der Waals surface area contributed by atoms with Crippen LogP contribution in [0.2, 0.25) is 0 Å². The lowest BCUT2D eigenvalue weighted by Gasteiger charge is -2.12. The molecule has 0 aromatic carbocycles. The highest BCUT2D eigenvalue weighted by molar-refractivity contribution is 7.89. The Kier molecular flexibility index (Phi) is 4.34. The van der Waals surface area contributed by atoms with E-state index in [1.54, 1.807) is 0 Å². The fraction of sp³-hybridized carbons (Fsp3) is 1.00. The second kappa shape index (κ2) is 5.09. The highest BCUT2D eigenvalue weighted by Crippen LogP contribution is 2.06. The largest absolute Gasteiger partial charge is 0.313 e. The first-order valence-electron chi connectivity index (χ1n) is 5.20. The van der Waals surface area contributed by atoms with Gasteiger partial charge in [0.2, 0.25) is 10.0 Å². The maximum Gasteiger partial charge on any atom is 0.213 e. The third kappa shape index (κ3) is 4.39. The number of hydrogen-bond donors (Lipinski definition) is 2. The predicted octanol–water partition coefficient (Wildman–Crippen LogP) is 0.314. The van der Waals surface area contributed by atoms with Gasteiger partial charge in [-0.05, 0) is 25.3 Å². The predicted molar refractivity (Wildman–Crippen MR) is 57.7 cm³/mol. The Hall–Kier alpha value is -0.130. The van der Waals surface area contributed by atoms with Crippen LogP contribution in [0.3, 0.4) is 0 Å². The third-order valence-corrected chi connectivity index (χ3v) is 3.74. The Bertz CT molecular complexity index is 256. The van der Waals surface area contributed by atoms with Crippen LogP contribution in [0.15, 0.2) is 0 Å². The summed E-state index contributed by atoms with van der Waals surface area (Å²) in [6.45, 7) is 5.48. The standard InChI is InChI=1S/C9H20N2O2S/c1-8(2)6-11-14(12,13)7-9-4-3-5-10-9/h8-11H,3-7H2,1-2H3. The lowest BCUT2D eigenvalue weighted by molar-refractivity contribution is 0.547. The molecule has 0 aromatic rings. The number of sulfonamides is 1. The Morgan fingerprint density at radius 1 is 1.50 bits per heavy atom. The zero-order valence-corrected chi connectivity index (χ0v) is 9.73. The first-order valence-corrected chi connectivity index (χ1v) is 6.85. The van der Waals surface area contributed by atoms with Crippen LogP contribution >= 0.6 is 0 Å². The van der Waals surface area contributed by atoms with Gasteiger partial charge in [-0.2, -0.15) is 0 Å². The molecule has 0 spiro atoms. The van der Waals surface area contributed by atoms with Gasteiger partial charge in [-0.1, -0.05) is 13.8 Å². The first-order chi connectivity index (χ1) is 6.49. The molecule has 4 nitrogen and oxygen atoms in total. The summed E-state index contributed by atoms with van der Waals surface area (Å²) in [6.07, 6.45) is 2.06. The lowest BCUT2D eigenvalue weighted by Crippen LogP contribution is -2.37. The normalized spacial score (nSPS) is 23.2. The zero-order valence-electron chi connectivity index (χ0n) is 8.91. The van der Waals surface area contributed by atoms with Gasteiger partial charge in [-0.3, -0.25) is 0 Å². The molecule has 1 saturated heterocycles. The van der Waals surface area contributed by atoms with Gasteiger partial charge < -0.3 is 5.32 Å². The molecule has 1 rings (SSSR count). The van der Waals surface area contributed by atoms with E-state index in [1.807, 2.05) is 13.8 Å². The van der Waals surface area contributed by atoms with Crippen molar-refractivity contribution in [3.8, 4) is 0 Å². The van der Waals surface area contributed by atoms with Crippen molar-refractivity contribution in [2.45, 2.75) is 32.7 Å². The Morgan fingerprint density at radius 3 is 2.71 bits per heavy atom. The molecule has 1 aliphatic heterocycles. The van der Waals surface area contributed by atoms with E-state index in [-0.39, 0.29) is 11.8 Å². The summed E-state index contributed by atoms with van der Waals surface area (Å²) < 4.78 is 25.7. The molecule has 1 unspecified atom stereocenters. The van der Waals surface area contributed by atoms with Gasteiger partial charge in [0, 0.05) is 12.6 Å². The summed E-state index contributed by atoms with van der Waals surface area (Å²) >= 11 is 0. The fourth-order valence-electron chi connectivity index (χ4n) is 1.52. The third-order valence-electron chi connectivity index (χ3n) is 2.29. The average Bonchev–Trinajstić information content (AvgIpc) is 2.53. The van der Waals surface area contributed by atoms with E-state index in [4.69, 9.17) is 0 Å². The fourth-order valence-corrected chi connectivity index (χ4v) is 3.04. The van der Waals surface area contributed by atoms with Crippen LogP contribution < -0.4 is 10.0 Å². The molecule has 0 aliphatic carbocycles. The summed E-state index contributed by atoms with van der Waals surface area (Å²) in [7, 11) is -3.07. The van der Waals surface area contributed by atoms with Gasteiger partial charge in [0.05, 0.1) is 5.75 Å². The van der Waals surface area contributed by atoms with Crippen LogP contribution in [-0.2, 0) is 10.0 Å². The van der Waals surface area contributed by atoms with Crippen molar-refractivity contribution in [3.05, 3.63) is 0 Å². The minimum absolute atomic E-state index is 0.152. The SMILES string of the molecule is CC(C)CNS(=O)(=O)CC1CCCN1. The molecule has 0 amide bonds. The van der Waals surface area contributed by atoms with Crippen LogP contribution in [0.4, 0.5) is 0 Å². The van der Waals surface area contributed by atoms with Gasteiger partial charge in [-0.25, -0.2) is 13.1 Å². The van der Waals surface area contributed by atoms with Crippen molar-refractivity contribution in [2.75, 3.05) is 18.8 Å². The molecular weight excluding hydrogens is 200 g/mol. The second-order valence-corrected chi connectivity index (χ2v) is 6.17. The molecule has 0 bridgehead atoms. The summed E-state index contributed by atoms with van der Waals surface area (Å²) in [5.74, 6) is 0.584. The Labute approximate surface area is 86.5 Å². The minimum atomic E-state index is -3.07. The Balaban J connectivity index is 2.33. The molecule has 0 aromatic heterocycles. The second-order valence-electron chi connectivity index (χ2n) is 4.32. The summed E-state index contributed by atoms with van der Waals surface area (Å²) in [5, 5.41) is 3.18. The molecule has 1 aliphatic rings. The van der Waals surface area contributed by atoms with Gasteiger partial charge in [-0.15, -0.1) is 0 Å². The van der Waals surface area contributed by atoms with Crippen LogP contribution in [0.25, 0.3) is 0 Å². The summed E-state index contributed by atoms with van der Waals surface area (Å²) in [4.78, 5) is 0. The van der Waals surface area contributed by atoms with Crippen molar-refractivity contribution in [1.82, 2.24) is 10.0 Å². The smallest absolute Gasteiger partial charge is 0.213 e. The molecule has 14 heavy (non-hydrogen) atoms. The van der Waals surface area contributed by atoms with Crippen LogP contribution in [0, 0.1) is 5.92 Å². The monoisotopic (exact) mass is 220 g/mol. The van der Waals surface area contributed by atoms with Crippen LogP contribution in [0.1, 0.15) is 26.7 Å². The molecule has 2 N–H and O–H groups in total. The number of nitrogens with one attached hydrogen (secondary N) is 2. The van der Waals surface area contributed by atoms with Gasteiger partial charge in [0.1, 0.15) is 0 Å². The number of hydrogen-bond acceptors (Lipinski definition) is 3. The molecular formula is C9H20N2O2S. The van der Waals surface area contributed by atoms with Gasteiger partial charge in [0.25, 0.3) is 0 Å². The highest BCUT2D eigenvalue weighted by atomic mass is 32.2. The van der Waals surface area contributed by atoms with E-state index >= 15 is 0 Å². The van der Waals surface area contributed by atoms with E-state index in [2.05, 4.69) is 10.0 Å². The Morgan fingerprint density at radius 2 is 2.21 bits per heavy atom. The average molecular weight is 220 g/mol. The van der Waals surface area contributed by atoms with Crippen LogP contribution in [-0.4, -0.2) is 33.3 Å². The maximum absolute atomic E-state index is 11.5. The van der Waals surface area contributed by atoms with Crippen molar-refractivity contribution >= 4 is 10.0 Å². The van der Waals surface area contributed by atoms with Crippen molar-refractivity contribution in [3.63, 3.8) is 0 Å². The molecule has 1 heterocycles. The zero-order chi connectivity index (χ0) is 10.6. The maximum atomic E-state index is 11.5. The lowest BCUT2D eigenvalue weighted by atomic mass is 10.2. The summed E-state index contributed by atoms with van der Waals surface area (Å²) in [5.41, 5.74) is 0. The van der Waals surface area contributed by atoms with Crippen molar-refractivity contribution < 1.29 is 8.42 Å². The first kappa shape index (κ1) is 11.9. The number of rotatable bonds is 5. The molecule has 1 fully saturated rings. The molecule has 0 saturated carbocycles. The molecule has 84 valence electrons. The van der Waals surface area contributed by atoms with Gasteiger partial charge >= 0.3 is 0 Å². The van der Waals surface area contributed by atoms with Crippen molar-refractivity contribution in [1.29, 1.82) is 0 Å². The van der Waals surface area contributed by atoms with Gasteiger partial charge in [0.15, 0.2) is 0 Å². The van der Waals surface area contributed by atoms with E-state index in [0.717, 1.165) is 19.4 Å². The molecule has 1 atom stereocenters. The molecule has 0 radical (unpaired) electrons. The van der Waals surface area contributed by atoms with Crippen LogP contribution in [0.5, 0.6) is 0 Å². The van der Waals surface area contributed by atoms with E-state index in [9.17, 15) is 8.42 Å². The summed E-state index contributed by atoms with van der Waals surface area (Å²) in [6, 6.07) is 0.152. The highest BCUT2D eigenvalue weighted by Gasteiger charge is 2.21. The van der Waals surface area contributed by atoms with Crippen molar-refractivity contribution in [2.24, 2.45) is 5.92 Å². The van der Waals surface area contributed by atoms with E-state index in [1.165, 1.54) is 0 Å². The van der Waals surface area contributed by atoms with E-state index < -0.39 is 10.0 Å².